The van der Waals surface area contributed by atoms with Crippen LogP contribution in [0.15, 0.2) is 42.5 Å². The summed E-state index contributed by atoms with van der Waals surface area (Å²) in [5.41, 5.74) is 3.53. The van der Waals surface area contributed by atoms with E-state index in [9.17, 15) is 14.7 Å². The zero-order valence-corrected chi connectivity index (χ0v) is 16.5. The van der Waals surface area contributed by atoms with Crippen molar-refractivity contribution >= 4 is 11.8 Å². The Labute approximate surface area is 170 Å². The molecule has 0 spiro atoms. The molecular formula is C24H26N2O3. The molecule has 1 N–H and O–H groups in total. The normalized spacial score (nSPS) is 23.2. The zero-order chi connectivity index (χ0) is 20.0. The number of imide groups is 1. The van der Waals surface area contributed by atoms with E-state index in [1.165, 1.54) is 10.5 Å². The Morgan fingerprint density at radius 2 is 1.62 bits per heavy atom. The summed E-state index contributed by atoms with van der Waals surface area (Å²) in [7, 11) is 0. The summed E-state index contributed by atoms with van der Waals surface area (Å²) in [6, 6.07) is 13.6. The van der Waals surface area contributed by atoms with Crippen LogP contribution in [0.25, 0.3) is 0 Å². The van der Waals surface area contributed by atoms with Crippen molar-refractivity contribution < 1.29 is 14.7 Å². The van der Waals surface area contributed by atoms with Crippen LogP contribution >= 0.6 is 0 Å². The van der Waals surface area contributed by atoms with E-state index in [0.717, 1.165) is 50.8 Å². The SMILES string of the molecule is O=C1c2ccccc2C(=O)N1CCCCN1CCC2c3cccc(O)c3CCC21. The first-order valence-electron chi connectivity index (χ1n) is 10.6. The van der Waals surface area contributed by atoms with E-state index in [1.54, 1.807) is 30.3 Å². The van der Waals surface area contributed by atoms with Crippen molar-refractivity contribution in [2.75, 3.05) is 19.6 Å². The molecule has 2 unspecified atom stereocenters. The maximum atomic E-state index is 12.5. The Bertz CT molecular complexity index is 935. The number of rotatable bonds is 5. The van der Waals surface area contributed by atoms with Gasteiger partial charge in [0.1, 0.15) is 5.75 Å². The predicted octanol–water partition coefficient (Wildman–Crippen LogP) is 3.57. The van der Waals surface area contributed by atoms with Crippen LogP contribution in [-0.2, 0) is 6.42 Å². The van der Waals surface area contributed by atoms with Crippen molar-refractivity contribution in [3.05, 3.63) is 64.7 Å². The van der Waals surface area contributed by atoms with Gasteiger partial charge in [-0.2, -0.15) is 0 Å². The lowest BCUT2D eigenvalue weighted by Crippen LogP contribution is -2.36. The van der Waals surface area contributed by atoms with Gasteiger partial charge in [0.05, 0.1) is 11.1 Å². The van der Waals surface area contributed by atoms with Gasteiger partial charge in [0, 0.05) is 18.5 Å². The number of phenolic OH excluding ortho intramolecular Hbond substituents is 1. The smallest absolute Gasteiger partial charge is 0.261 e. The van der Waals surface area contributed by atoms with Crippen molar-refractivity contribution in [2.24, 2.45) is 0 Å². The van der Waals surface area contributed by atoms with Crippen LogP contribution < -0.4 is 0 Å². The van der Waals surface area contributed by atoms with E-state index in [1.807, 2.05) is 6.07 Å². The van der Waals surface area contributed by atoms with Gasteiger partial charge >= 0.3 is 0 Å². The Balaban J connectivity index is 1.16. The zero-order valence-electron chi connectivity index (χ0n) is 16.5. The number of likely N-dealkylation sites (tertiary alicyclic amines) is 1. The molecule has 2 aliphatic heterocycles. The molecule has 0 radical (unpaired) electrons. The largest absolute Gasteiger partial charge is 0.508 e. The number of nitrogens with zero attached hydrogens (tertiary/aromatic N) is 2. The van der Waals surface area contributed by atoms with Crippen LogP contribution in [-0.4, -0.2) is 52.4 Å². The minimum Gasteiger partial charge on any atom is -0.508 e. The van der Waals surface area contributed by atoms with Crippen molar-refractivity contribution in [3.63, 3.8) is 0 Å². The molecule has 5 rings (SSSR count). The molecule has 2 amide bonds. The Morgan fingerprint density at radius 1 is 0.897 bits per heavy atom. The van der Waals surface area contributed by atoms with E-state index >= 15 is 0 Å². The molecular weight excluding hydrogens is 364 g/mol. The van der Waals surface area contributed by atoms with Crippen LogP contribution in [0.3, 0.4) is 0 Å². The highest BCUT2D eigenvalue weighted by Gasteiger charge is 2.39. The van der Waals surface area contributed by atoms with E-state index in [4.69, 9.17) is 0 Å². The van der Waals surface area contributed by atoms with Gasteiger partial charge in [-0.1, -0.05) is 24.3 Å². The third kappa shape index (κ3) is 3.04. The summed E-state index contributed by atoms with van der Waals surface area (Å²) in [5, 5.41) is 10.2. The minimum atomic E-state index is -0.157. The van der Waals surface area contributed by atoms with Gasteiger partial charge in [0.15, 0.2) is 0 Å². The van der Waals surface area contributed by atoms with Gasteiger partial charge in [-0.05, 0) is 74.5 Å². The average molecular weight is 390 g/mol. The molecule has 150 valence electrons. The highest BCUT2D eigenvalue weighted by Crippen LogP contribution is 2.43. The molecule has 1 saturated heterocycles. The number of hydrogen-bond donors (Lipinski definition) is 1. The van der Waals surface area contributed by atoms with Crippen LogP contribution in [0, 0.1) is 0 Å². The quantitative estimate of drug-likeness (QED) is 0.626. The first kappa shape index (κ1) is 18.4. The number of phenols is 1. The summed E-state index contributed by atoms with van der Waals surface area (Å²) in [4.78, 5) is 28.9. The number of benzene rings is 2. The molecule has 0 bridgehead atoms. The first-order chi connectivity index (χ1) is 14.1. The first-order valence-corrected chi connectivity index (χ1v) is 10.6. The lowest BCUT2D eigenvalue weighted by atomic mass is 9.79. The van der Waals surface area contributed by atoms with Gasteiger partial charge in [0.2, 0.25) is 0 Å². The number of fused-ring (bicyclic) bond motifs is 4. The van der Waals surface area contributed by atoms with Crippen molar-refractivity contribution in [1.29, 1.82) is 0 Å². The summed E-state index contributed by atoms with van der Waals surface area (Å²) < 4.78 is 0. The van der Waals surface area contributed by atoms with Gasteiger partial charge in [-0.3, -0.25) is 19.4 Å². The molecule has 2 aromatic rings. The molecule has 2 atom stereocenters. The maximum absolute atomic E-state index is 12.5. The fraction of sp³-hybridized carbons (Fsp3) is 0.417. The second-order valence-electron chi connectivity index (χ2n) is 8.40. The monoisotopic (exact) mass is 390 g/mol. The van der Waals surface area contributed by atoms with E-state index < -0.39 is 0 Å². The van der Waals surface area contributed by atoms with Crippen molar-refractivity contribution in [2.45, 2.75) is 44.1 Å². The van der Waals surface area contributed by atoms with E-state index in [2.05, 4.69) is 11.0 Å². The molecule has 0 saturated carbocycles. The third-order valence-electron chi connectivity index (χ3n) is 6.89. The standard InChI is InChI=1S/C24H26N2O3/c27-22-9-5-8-16-17-12-15-25(21(17)11-10-18(16)22)13-3-4-14-26-23(28)19-6-1-2-7-20(19)24(26)29/h1-2,5-9,17,21,27H,3-4,10-15H2. The second kappa shape index (κ2) is 7.30. The molecule has 2 aromatic carbocycles. The topological polar surface area (TPSA) is 60.9 Å². The van der Waals surface area contributed by atoms with E-state index in [0.29, 0.717) is 35.4 Å². The third-order valence-corrected chi connectivity index (χ3v) is 6.89. The molecule has 2 heterocycles. The number of aromatic hydroxyl groups is 1. The van der Waals surface area contributed by atoms with Crippen LogP contribution in [0.2, 0.25) is 0 Å². The molecule has 29 heavy (non-hydrogen) atoms. The molecule has 1 fully saturated rings. The number of amides is 2. The lowest BCUT2D eigenvalue weighted by Gasteiger charge is -2.33. The molecule has 3 aliphatic rings. The summed E-state index contributed by atoms with van der Waals surface area (Å²) in [6.07, 6.45) is 4.97. The predicted molar refractivity (Wildman–Crippen MR) is 110 cm³/mol. The lowest BCUT2D eigenvalue weighted by molar-refractivity contribution is 0.0650. The van der Waals surface area contributed by atoms with Crippen molar-refractivity contribution in [3.8, 4) is 5.75 Å². The number of hydrogen-bond acceptors (Lipinski definition) is 4. The Morgan fingerprint density at radius 3 is 2.38 bits per heavy atom. The van der Waals surface area contributed by atoms with Crippen LogP contribution in [0.4, 0.5) is 0 Å². The minimum absolute atomic E-state index is 0.157. The number of unbranched alkanes of at least 4 members (excludes halogenated alkanes) is 1. The van der Waals surface area contributed by atoms with Gasteiger partial charge in [0.25, 0.3) is 11.8 Å². The van der Waals surface area contributed by atoms with Crippen molar-refractivity contribution in [1.82, 2.24) is 9.80 Å². The fourth-order valence-corrected chi connectivity index (χ4v) is 5.47. The molecule has 5 nitrogen and oxygen atoms in total. The van der Waals surface area contributed by atoms with Gasteiger partial charge < -0.3 is 5.11 Å². The fourth-order valence-electron chi connectivity index (χ4n) is 5.47. The molecule has 5 heteroatoms. The highest BCUT2D eigenvalue weighted by molar-refractivity contribution is 6.21. The van der Waals surface area contributed by atoms with Crippen LogP contribution in [0.1, 0.15) is 63.4 Å². The second-order valence-corrected chi connectivity index (χ2v) is 8.40. The average Bonchev–Trinajstić information content (AvgIpc) is 3.26. The van der Waals surface area contributed by atoms with E-state index in [-0.39, 0.29) is 11.8 Å². The van der Waals surface area contributed by atoms with Gasteiger partial charge in [-0.15, -0.1) is 0 Å². The van der Waals surface area contributed by atoms with Crippen LogP contribution in [0.5, 0.6) is 5.75 Å². The number of carbonyl (C=O) groups is 2. The number of carbonyl (C=O) groups excluding carboxylic acids is 2. The Kier molecular flexibility index (Phi) is 4.63. The maximum Gasteiger partial charge on any atom is 0.261 e. The summed E-state index contributed by atoms with van der Waals surface area (Å²) >= 11 is 0. The highest BCUT2D eigenvalue weighted by atomic mass is 16.3. The summed E-state index contributed by atoms with van der Waals surface area (Å²) in [5.74, 6) is 0.647. The Hall–Kier alpha value is -2.66. The molecule has 1 aliphatic carbocycles. The van der Waals surface area contributed by atoms with Gasteiger partial charge in [-0.25, -0.2) is 0 Å². The molecule has 0 aromatic heterocycles. The summed E-state index contributed by atoms with van der Waals surface area (Å²) in [6.45, 7) is 2.57.